The molecule has 9 heteroatoms. The zero-order valence-electron chi connectivity index (χ0n) is 22.9. The Labute approximate surface area is 235 Å². The molecule has 2 fully saturated rings. The number of hydrogen-bond donors (Lipinski definition) is 2. The molecule has 0 radical (unpaired) electrons. The predicted molar refractivity (Wildman–Crippen MR) is 151 cm³/mol. The SMILES string of the molecule is CC(C)(C)OC(=O)N[C@@H]1CC[C@H](N2CC[C@H](NC(=O)OCc3ccccc3)C2=O)[C@H](CSc2ccccc2)C1. The first-order chi connectivity index (χ1) is 18.7. The molecule has 8 nitrogen and oxygen atoms in total. The highest BCUT2D eigenvalue weighted by molar-refractivity contribution is 7.99. The molecule has 2 aromatic rings. The lowest BCUT2D eigenvalue weighted by Gasteiger charge is -2.41. The van der Waals surface area contributed by atoms with Gasteiger partial charge in [-0.1, -0.05) is 48.5 Å². The topological polar surface area (TPSA) is 97.0 Å². The molecular weight excluding hydrogens is 514 g/mol. The van der Waals surface area contributed by atoms with Gasteiger partial charge in [-0.25, -0.2) is 9.59 Å². The van der Waals surface area contributed by atoms with Crippen molar-refractivity contribution < 1.29 is 23.9 Å². The van der Waals surface area contributed by atoms with Crippen LogP contribution in [0.3, 0.4) is 0 Å². The molecule has 0 unspecified atom stereocenters. The first-order valence-corrected chi connectivity index (χ1v) is 14.6. The smallest absolute Gasteiger partial charge is 0.408 e. The Morgan fingerprint density at radius 2 is 1.64 bits per heavy atom. The van der Waals surface area contributed by atoms with Crippen LogP contribution in [0.25, 0.3) is 0 Å². The van der Waals surface area contributed by atoms with E-state index in [0.29, 0.717) is 13.0 Å². The first-order valence-electron chi connectivity index (χ1n) is 13.6. The van der Waals surface area contributed by atoms with Gasteiger partial charge in [0, 0.05) is 29.3 Å². The number of alkyl carbamates (subject to hydrolysis) is 2. The van der Waals surface area contributed by atoms with E-state index in [9.17, 15) is 14.4 Å². The summed E-state index contributed by atoms with van der Waals surface area (Å²) in [6.45, 7) is 6.30. The van der Waals surface area contributed by atoms with Crippen LogP contribution in [-0.4, -0.2) is 59.0 Å². The molecule has 210 valence electrons. The van der Waals surface area contributed by atoms with Gasteiger partial charge in [-0.3, -0.25) is 4.79 Å². The molecule has 0 bridgehead atoms. The molecule has 4 rings (SSSR count). The van der Waals surface area contributed by atoms with E-state index < -0.39 is 23.8 Å². The number of likely N-dealkylation sites (tertiary alicyclic amines) is 1. The molecule has 2 N–H and O–H groups in total. The largest absolute Gasteiger partial charge is 0.445 e. The number of nitrogens with one attached hydrogen (secondary N) is 2. The van der Waals surface area contributed by atoms with Gasteiger partial charge in [0.1, 0.15) is 18.2 Å². The zero-order valence-corrected chi connectivity index (χ0v) is 23.7. The summed E-state index contributed by atoms with van der Waals surface area (Å²) < 4.78 is 10.8. The van der Waals surface area contributed by atoms with Crippen LogP contribution < -0.4 is 10.6 Å². The summed E-state index contributed by atoms with van der Waals surface area (Å²) in [7, 11) is 0. The summed E-state index contributed by atoms with van der Waals surface area (Å²) in [4.78, 5) is 41.4. The Hall–Kier alpha value is -3.20. The van der Waals surface area contributed by atoms with Crippen molar-refractivity contribution in [3.63, 3.8) is 0 Å². The quantitative estimate of drug-likeness (QED) is 0.427. The molecule has 1 saturated carbocycles. The maximum atomic E-state index is 13.4. The van der Waals surface area contributed by atoms with Gasteiger partial charge >= 0.3 is 12.2 Å². The molecule has 39 heavy (non-hydrogen) atoms. The average molecular weight is 554 g/mol. The maximum absolute atomic E-state index is 13.4. The maximum Gasteiger partial charge on any atom is 0.408 e. The highest BCUT2D eigenvalue weighted by Gasteiger charge is 2.42. The van der Waals surface area contributed by atoms with Crippen LogP contribution >= 0.6 is 11.8 Å². The standard InChI is InChI=1S/C30H39N3O5S/c1-30(2,3)38-29(36)31-23-14-15-26(22(18-23)20-39-24-12-8-5-9-13-24)33-17-16-25(27(33)34)32-28(35)37-19-21-10-6-4-7-11-21/h4-13,22-23,25-26H,14-20H2,1-3H3,(H,31,36)(H,32,35)/t22-,23+,25-,26-/m0/s1. The van der Waals surface area contributed by atoms with E-state index in [1.165, 1.54) is 4.90 Å². The first kappa shape index (κ1) is 28.8. The van der Waals surface area contributed by atoms with E-state index in [2.05, 4.69) is 22.8 Å². The van der Waals surface area contributed by atoms with Gasteiger partial charge in [-0.15, -0.1) is 11.8 Å². The summed E-state index contributed by atoms with van der Waals surface area (Å²) in [6.07, 6.45) is 1.85. The monoisotopic (exact) mass is 553 g/mol. The fraction of sp³-hybridized carbons (Fsp3) is 0.500. The number of nitrogens with zero attached hydrogens (tertiary/aromatic N) is 1. The van der Waals surface area contributed by atoms with Crippen molar-refractivity contribution in [2.45, 2.75) is 81.7 Å². The van der Waals surface area contributed by atoms with Crippen LogP contribution in [0.2, 0.25) is 0 Å². The summed E-state index contributed by atoms with van der Waals surface area (Å²) in [5.74, 6) is 0.934. The third-order valence-corrected chi connectivity index (χ3v) is 8.22. The Balaban J connectivity index is 1.36. The fourth-order valence-corrected chi connectivity index (χ4v) is 6.35. The Bertz CT molecular complexity index is 1110. The molecule has 1 saturated heterocycles. The normalized spacial score (nSPS) is 23.3. The number of benzene rings is 2. The van der Waals surface area contributed by atoms with Crippen LogP contribution in [0.1, 0.15) is 52.0 Å². The third-order valence-electron chi connectivity index (χ3n) is 7.02. The number of ether oxygens (including phenoxy) is 2. The molecule has 1 heterocycles. The summed E-state index contributed by atoms with van der Waals surface area (Å²) >= 11 is 1.77. The summed E-state index contributed by atoms with van der Waals surface area (Å²) in [6, 6.07) is 19.1. The molecule has 2 aliphatic rings. The molecule has 1 aliphatic carbocycles. The number of carbonyl (C=O) groups is 3. The lowest BCUT2D eigenvalue weighted by Crippen LogP contribution is -2.52. The Kier molecular flexibility index (Phi) is 9.78. The Morgan fingerprint density at radius 1 is 0.949 bits per heavy atom. The van der Waals surface area contributed by atoms with Gasteiger partial charge in [0.2, 0.25) is 5.91 Å². The molecule has 2 aromatic carbocycles. The van der Waals surface area contributed by atoms with Gasteiger partial charge in [0.15, 0.2) is 0 Å². The molecule has 4 atom stereocenters. The number of rotatable bonds is 8. The van der Waals surface area contributed by atoms with Crippen molar-refractivity contribution in [3.8, 4) is 0 Å². The number of hydrogen-bond acceptors (Lipinski definition) is 6. The van der Waals surface area contributed by atoms with E-state index in [1.807, 2.05) is 74.2 Å². The highest BCUT2D eigenvalue weighted by Crippen LogP contribution is 2.35. The van der Waals surface area contributed by atoms with Crippen molar-refractivity contribution in [1.29, 1.82) is 0 Å². The van der Waals surface area contributed by atoms with Crippen LogP contribution in [0.4, 0.5) is 9.59 Å². The minimum Gasteiger partial charge on any atom is -0.445 e. The minimum atomic E-state index is -0.590. The molecule has 1 aliphatic heterocycles. The van der Waals surface area contributed by atoms with Gasteiger partial charge < -0.3 is 25.0 Å². The number of thioether (sulfide) groups is 1. The van der Waals surface area contributed by atoms with E-state index >= 15 is 0 Å². The van der Waals surface area contributed by atoms with Crippen LogP contribution in [-0.2, 0) is 20.9 Å². The van der Waals surface area contributed by atoms with Crippen molar-refractivity contribution in [2.24, 2.45) is 5.92 Å². The minimum absolute atomic E-state index is 0.0166. The fourth-order valence-electron chi connectivity index (χ4n) is 5.23. The number of carbonyl (C=O) groups excluding carboxylic acids is 3. The molecular formula is C30H39N3O5S. The third kappa shape index (κ3) is 8.65. The predicted octanol–water partition coefficient (Wildman–Crippen LogP) is 5.37. The van der Waals surface area contributed by atoms with E-state index in [-0.39, 0.29) is 30.5 Å². The van der Waals surface area contributed by atoms with Gasteiger partial charge in [0.05, 0.1) is 0 Å². The second-order valence-electron chi connectivity index (χ2n) is 11.2. The van der Waals surface area contributed by atoms with E-state index in [4.69, 9.17) is 9.47 Å². The van der Waals surface area contributed by atoms with Crippen LogP contribution in [0.15, 0.2) is 65.6 Å². The number of amides is 3. The second-order valence-corrected chi connectivity index (χ2v) is 12.3. The van der Waals surface area contributed by atoms with Crippen molar-refractivity contribution in [3.05, 3.63) is 66.2 Å². The van der Waals surface area contributed by atoms with Crippen molar-refractivity contribution in [1.82, 2.24) is 15.5 Å². The lowest BCUT2D eigenvalue weighted by atomic mass is 9.81. The van der Waals surface area contributed by atoms with Crippen LogP contribution in [0, 0.1) is 5.92 Å². The summed E-state index contributed by atoms with van der Waals surface area (Å²) in [5, 5.41) is 5.81. The highest BCUT2D eigenvalue weighted by atomic mass is 32.2. The second kappa shape index (κ2) is 13.2. The van der Waals surface area contributed by atoms with Gasteiger partial charge in [-0.05, 0) is 70.1 Å². The summed E-state index contributed by atoms with van der Waals surface area (Å²) in [5.41, 5.74) is 0.332. The average Bonchev–Trinajstić information content (AvgIpc) is 3.26. The van der Waals surface area contributed by atoms with Crippen LogP contribution in [0.5, 0.6) is 0 Å². The zero-order chi connectivity index (χ0) is 27.8. The van der Waals surface area contributed by atoms with Gasteiger partial charge in [0.25, 0.3) is 0 Å². The molecule has 3 amide bonds. The molecule has 0 spiro atoms. The van der Waals surface area contributed by atoms with E-state index in [1.54, 1.807) is 11.8 Å². The van der Waals surface area contributed by atoms with E-state index in [0.717, 1.165) is 30.6 Å². The van der Waals surface area contributed by atoms with Crippen molar-refractivity contribution in [2.75, 3.05) is 12.3 Å². The molecule has 0 aromatic heterocycles. The van der Waals surface area contributed by atoms with Crippen molar-refractivity contribution >= 4 is 29.9 Å². The Morgan fingerprint density at radius 3 is 2.33 bits per heavy atom. The van der Waals surface area contributed by atoms with Gasteiger partial charge in [-0.2, -0.15) is 0 Å². The lowest BCUT2D eigenvalue weighted by molar-refractivity contribution is -0.133.